The van der Waals surface area contributed by atoms with E-state index in [2.05, 4.69) is 125 Å². The van der Waals surface area contributed by atoms with Crippen LogP contribution < -0.4 is 4.90 Å². The fourth-order valence-corrected chi connectivity index (χ4v) is 4.89. The van der Waals surface area contributed by atoms with Crippen LogP contribution in [0.4, 0.5) is 17.1 Å². The molecule has 1 unspecified atom stereocenters. The number of hydrogen-bond donors (Lipinski definition) is 0. The third-order valence-electron chi connectivity index (χ3n) is 6.25. The van der Waals surface area contributed by atoms with Gasteiger partial charge in [-0.1, -0.05) is 74.5 Å². The van der Waals surface area contributed by atoms with Gasteiger partial charge in [0.15, 0.2) is 0 Å². The molecule has 0 bridgehead atoms. The molecule has 4 aromatic carbocycles. The van der Waals surface area contributed by atoms with Crippen molar-refractivity contribution in [2.24, 2.45) is 0 Å². The molecule has 0 saturated carbocycles. The van der Waals surface area contributed by atoms with E-state index in [1.807, 2.05) is 0 Å². The van der Waals surface area contributed by atoms with E-state index in [0.717, 1.165) is 6.16 Å². The topological polar surface area (TPSA) is 3.24 Å². The molecule has 2 heteroatoms. The lowest BCUT2D eigenvalue weighted by Gasteiger charge is -2.28. The zero-order valence-electron chi connectivity index (χ0n) is 17.5. The Kier molecular flexibility index (Phi) is 4.72. The lowest BCUT2D eigenvalue weighted by molar-refractivity contribution is 0.659. The smallest absolute Gasteiger partial charge is 0.0465 e. The number of para-hydroxylation sites is 2. The number of hydrogen-bond acceptors (Lipinski definition) is 1. The normalized spacial score (nSPS) is 13.6. The van der Waals surface area contributed by atoms with E-state index in [4.69, 9.17) is 0 Å². The molecule has 1 nitrogen and oxygen atoms in total. The van der Waals surface area contributed by atoms with Crippen molar-refractivity contribution in [3.63, 3.8) is 0 Å². The molecule has 0 aliphatic heterocycles. The Labute approximate surface area is 181 Å². The van der Waals surface area contributed by atoms with Gasteiger partial charge in [-0.15, -0.1) is 9.24 Å². The molecular weight excluding hydrogens is 381 g/mol. The third-order valence-corrected chi connectivity index (χ3v) is 6.72. The summed E-state index contributed by atoms with van der Waals surface area (Å²) in [6, 6.07) is 35.1. The number of benzene rings is 4. The second-order valence-electron chi connectivity index (χ2n) is 8.45. The van der Waals surface area contributed by atoms with Crippen LogP contribution in [0.15, 0.2) is 97.1 Å². The van der Waals surface area contributed by atoms with Gasteiger partial charge in [-0.25, -0.2) is 0 Å². The van der Waals surface area contributed by atoms with Crippen molar-refractivity contribution < 1.29 is 0 Å². The van der Waals surface area contributed by atoms with Gasteiger partial charge in [-0.2, -0.15) is 0 Å². The standard InChI is InChI=1S/C28H26NP/c1-28(2)26-17-20(19-30)13-15-24(26)25-16-14-23(18-27(25)28)29(21-9-5-3-6-10-21)22-11-7-4-8-12-22/h3-18H,19,30H2,1-2H3. The van der Waals surface area contributed by atoms with Gasteiger partial charge in [-0.05, 0) is 70.4 Å². The first kappa shape index (κ1) is 19.1. The molecule has 0 radical (unpaired) electrons. The minimum Gasteiger partial charge on any atom is -0.310 e. The van der Waals surface area contributed by atoms with Gasteiger partial charge in [0.1, 0.15) is 0 Å². The monoisotopic (exact) mass is 407 g/mol. The summed E-state index contributed by atoms with van der Waals surface area (Å²) in [5.74, 6) is 0. The van der Waals surface area contributed by atoms with Crippen molar-refractivity contribution in [3.05, 3.63) is 114 Å². The molecule has 30 heavy (non-hydrogen) atoms. The maximum atomic E-state index is 2.84. The number of rotatable bonds is 4. The third kappa shape index (κ3) is 3.06. The summed E-state index contributed by atoms with van der Waals surface area (Å²) in [6.45, 7) is 4.70. The Bertz CT molecular complexity index is 1160. The molecule has 0 fully saturated rings. The average Bonchev–Trinajstić information content (AvgIpc) is 3.02. The summed E-state index contributed by atoms with van der Waals surface area (Å²) in [5.41, 5.74) is 10.4. The molecule has 0 amide bonds. The largest absolute Gasteiger partial charge is 0.310 e. The van der Waals surface area contributed by atoms with Gasteiger partial charge in [0.05, 0.1) is 0 Å². The number of nitrogens with zero attached hydrogens (tertiary/aromatic N) is 1. The maximum Gasteiger partial charge on any atom is 0.0465 e. The Morgan fingerprint density at radius 3 is 1.73 bits per heavy atom. The SMILES string of the molecule is CC1(C)c2cc(CP)ccc2-c2ccc(N(c3ccccc3)c3ccccc3)cc21. The summed E-state index contributed by atoms with van der Waals surface area (Å²) in [5, 5.41) is 0. The highest BCUT2D eigenvalue weighted by Gasteiger charge is 2.36. The molecule has 4 aromatic rings. The van der Waals surface area contributed by atoms with E-state index in [1.165, 1.54) is 44.9 Å². The van der Waals surface area contributed by atoms with E-state index < -0.39 is 0 Å². The molecule has 1 aliphatic rings. The van der Waals surface area contributed by atoms with Gasteiger partial charge in [0.25, 0.3) is 0 Å². The Morgan fingerprint density at radius 2 is 1.17 bits per heavy atom. The predicted molar refractivity (Wildman–Crippen MR) is 132 cm³/mol. The summed E-state index contributed by atoms with van der Waals surface area (Å²) < 4.78 is 0. The minimum absolute atomic E-state index is 0.0183. The Morgan fingerprint density at radius 1 is 0.633 bits per heavy atom. The summed E-state index contributed by atoms with van der Waals surface area (Å²) in [6.07, 6.45) is 0.987. The molecule has 0 saturated heterocycles. The molecule has 1 aliphatic carbocycles. The summed E-state index contributed by atoms with van der Waals surface area (Å²) in [4.78, 5) is 2.34. The van der Waals surface area contributed by atoms with Crippen LogP contribution in [0, 0.1) is 0 Å². The van der Waals surface area contributed by atoms with Crippen LogP contribution in [0.2, 0.25) is 0 Å². The van der Waals surface area contributed by atoms with Crippen LogP contribution in [0.1, 0.15) is 30.5 Å². The van der Waals surface area contributed by atoms with Crippen LogP contribution in [-0.4, -0.2) is 0 Å². The Hall–Kier alpha value is -2.89. The van der Waals surface area contributed by atoms with Crippen molar-refractivity contribution in [3.8, 4) is 11.1 Å². The zero-order chi connectivity index (χ0) is 20.7. The molecule has 5 rings (SSSR count). The highest BCUT2D eigenvalue weighted by molar-refractivity contribution is 7.15. The molecule has 148 valence electrons. The first-order valence-electron chi connectivity index (χ1n) is 10.5. The fourth-order valence-electron chi connectivity index (χ4n) is 4.64. The number of anilines is 3. The van der Waals surface area contributed by atoms with Crippen molar-refractivity contribution in [1.82, 2.24) is 0 Å². The van der Waals surface area contributed by atoms with Crippen LogP contribution >= 0.6 is 9.24 Å². The zero-order valence-corrected chi connectivity index (χ0v) is 18.6. The highest BCUT2D eigenvalue weighted by Crippen LogP contribution is 2.50. The van der Waals surface area contributed by atoms with Crippen LogP contribution in [-0.2, 0) is 11.6 Å². The van der Waals surface area contributed by atoms with Crippen LogP contribution in [0.5, 0.6) is 0 Å². The molecule has 0 N–H and O–H groups in total. The lowest BCUT2D eigenvalue weighted by atomic mass is 9.82. The van der Waals surface area contributed by atoms with Crippen molar-refractivity contribution in [1.29, 1.82) is 0 Å². The van der Waals surface area contributed by atoms with Crippen molar-refractivity contribution >= 4 is 26.3 Å². The first-order valence-corrected chi connectivity index (χ1v) is 11.3. The van der Waals surface area contributed by atoms with E-state index >= 15 is 0 Å². The van der Waals surface area contributed by atoms with Gasteiger partial charge in [0, 0.05) is 22.5 Å². The fraction of sp³-hybridized carbons (Fsp3) is 0.143. The van der Waals surface area contributed by atoms with Gasteiger partial charge < -0.3 is 4.90 Å². The van der Waals surface area contributed by atoms with E-state index in [9.17, 15) is 0 Å². The first-order chi connectivity index (χ1) is 14.6. The van der Waals surface area contributed by atoms with Crippen molar-refractivity contribution in [2.75, 3.05) is 4.90 Å². The number of fused-ring (bicyclic) bond motifs is 3. The highest BCUT2D eigenvalue weighted by atomic mass is 31.0. The summed E-state index contributed by atoms with van der Waals surface area (Å²) >= 11 is 0. The van der Waals surface area contributed by atoms with E-state index in [0.29, 0.717) is 0 Å². The minimum atomic E-state index is -0.0183. The maximum absolute atomic E-state index is 2.84. The van der Waals surface area contributed by atoms with E-state index in [-0.39, 0.29) is 5.41 Å². The molecule has 1 atom stereocenters. The van der Waals surface area contributed by atoms with Gasteiger partial charge in [-0.3, -0.25) is 0 Å². The molecule has 0 heterocycles. The second-order valence-corrected chi connectivity index (χ2v) is 8.85. The second kappa shape index (κ2) is 7.42. The van der Waals surface area contributed by atoms with E-state index in [1.54, 1.807) is 0 Å². The Balaban J connectivity index is 1.68. The van der Waals surface area contributed by atoms with Gasteiger partial charge in [0.2, 0.25) is 0 Å². The lowest BCUT2D eigenvalue weighted by Crippen LogP contribution is -2.16. The summed E-state index contributed by atoms with van der Waals surface area (Å²) in [7, 11) is 2.84. The predicted octanol–water partition coefficient (Wildman–Crippen LogP) is 7.84. The molecule has 0 aromatic heterocycles. The van der Waals surface area contributed by atoms with Crippen LogP contribution in [0.3, 0.4) is 0 Å². The quantitative estimate of drug-likeness (QED) is 0.312. The van der Waals surface area contributed by atoms with Crippen LogP contribution in [0.25, 0.3) is 11.1 Å². The average molecular weight is 407 g/mol. The molecule has 0 spiro atoms. The van der Waals surface area contributed by atoms with Crippen molar-refractivity contribution in [2.45, 2.75) is 25.4 Å². The van der Waals surface area contributed by atoms with Gasteiger partial charge >= 0.3 is 0 Å². The molecular formula is C28H26NP.